The van der Waals surface area contributed by atoms with E-state index >= 15 is 0 Å². The number of carbonyl (C=O) groups is 1. The standard InChI is InChI=1S/C16H22N2O2S/c17-15(21)12-13-5-7-14(8-6-13)20-11-10-18-9-3-1-2-4-16(18)19/h5-8H,1-4,9-12H2,(H2,17,21). The van der Waals surface area contributed by atoms with Gasteiger partial charge in [0.25, 0.3) is 0 Å². The molecule has 1 aromatic carbocycles. The Balaban J connectivity index is 1.77. The molecule has 0 atom stereocenters. The fourth-order valence-electron chi connectivity index (χ4n) is 2.45. The molecule has 21 heavy (non-hydrogen) atoms. The summed E-state index contributed by atoms with van der Waals surface area (Å²) in [6.07, 6.45) is 4.54. The van der Waals surface area contributed by atoms with E-state index in [1.165, 1.54) is 0 Å². The van der Waals surface area contributed by atoms with Crippen molar-refractivity contribution in [1.82, 2.24) is 4.90 Å². The molecular formula is C16H22N2O2S. The van der Waals surface area contributed by atoms with E-state index < -0.39 is 0 Å². The van der Waals surface area contributed by atoms with Crippen LogP contribution in [0.5, 0.6) is 5.75 Å². The lowest BCUT2D eigenvalue weighted by molar-refractivity contribution is -0.131. The van der Waals surface area contributed by atoms with Gasteiger partial charge in [-0.05, 0) is 30.5 Å². The quantitative estimate of drug-likeness (QED) is 0.819. The third-order valence-electron chi connectivity index (χ3n) is 3.60. The highest BCUT2D eigenvalue weighted by Gasteiger charge is 2.15. The van der Waals surface area contributed by atoms with Crippen molar-refractivity contribution >= 4 is 23.1 Å². The van der Waals surface area contributed by atoms with E-state index in [0.29, 0.717) is 31.0 Å². The molecule has 2 N–H and O–H groups in total. The highest BCUT2D eigenvalue weighted by atomic mass is 32.1. The Morgan fingerprint density at radius 1 is 1.24 bits per heavy atom. The number of nitrogens with zero attached hydrogens (tertiary/aromatic N) is 1. The molecule has 4 nitrogen and oxygen atoms in total. The number of ether oxygens (including phenoxy) is 1. The Hall–Kier alpha value is -1.62. The van der Waals surface area contributed by atoms with Gasteiger partial charge in [-0.3, -0.25) is 4.79 Å². The summed E-state index contributed by atoms with van der Waals surface area (Å²) in [5.41, 5.74) is 6.59. The largest absolute Gasteiger partial charge is 0.492 e. The van der Waals surface area contributed by atoms with Crippen molar-refractivity contribution in [2.45, 2.75) is 32.1 Å². The third-order valence-corrected chi connectivity index (χ3v) is 3.75. The fourth-order valence-corrected chi connectivity index (χ4v) is 2.62. The molecule has 0 bridgehead atoms. The van der Waals surface area contributed by atoms with Crippen LogP contribution in [0, 0.1) is 0 Å². The first kappa shape index (κ1) is 15.8. The van der Waals surface area contributed by atoms with Crippen molar-refractivity contribution in [3.8, 4) is 5.75 Å². The van der Waals surface area contributed by atoms with Gasteiger partial charge < -0.3 is 15.4 Å². The Bertz CT molecular complexity index is 488. The lowest BCUT2D eigenvalue weighted by Gasteiger charge is -2.20. The van der Waals surface area contributed by atoms with E-state index in [0.717, 1.165) is 37.1 Å². The molecule has 5 heteroatoms. The maximum atomic E-state index is 11.9. The minimum atomic E-state index is 0.253. The maximum absolute atomic E-state index is 11.9. The second kappa shape index (κ2) is 7.98. The van der Waals surface area contributed by atoms with Crippen LogP contribution in [0.3, 0.4) is 0 Å². The van der Waals surface area contributed by atoms with Crippen molar-refractivity contribution in [3.63, 3.8) is 0 Å². The van der Waals surface area contributed by atoms with Gasteiger partial charge >= 0.3 is 0 Å². The molecule has 1 amide bonds. The van der Waals surface area contributed by atoms with E-state index in [4.69, 9.17) is 22.7 Å². The zero-order chi connectivity index (χ0) is 15.1. The van der Waals surface area contributed by atoms with Crippen LogP contribution in [0.1, 0.15) is 31.2 Å². The normalized spacial score (nSPS) is 15.6. The number of likely N-dealkylation sites (tertiary alicyclic amines) is 1. The first-order valence-electron chi connectivity index (χ1n) is 7.43. The van der Waals surface area contributed by atoms with Crippen LogP contribution >= 0.6 is 12.2 Å². The molecule has 0 spiro atoms. The minimum absolute atomic E-state index is 0.253. The second-order valence-electron chi connectivity index (χ2n) is 5.33. The van der Waals surface area contributed by atoms with Crippen molar-refractivity contribution in [2.24, 2.45) is 5.73 Å². The molecule has 0 aromatic heterocycles. The number of rotatable bonds is 6. The average molecular weight is 306 g/mol. The van der Waals surface area contributed by atoms with E-state index in [9.17, 15) is 4.79 Å². The van der Waals surface area contributed by atoms with E-state index in [1.54, 1.807) is 0 Å². The molecule has 1 aliphatic heterocycles. The van der Waals surface area contributed by atoms with Gasteiger partial charge in [-0.15, -0.1) is 0 Å². The number of thiocarbonyl (C=S) groups is 1. The molecule has 0 radical (unpaired) electrons. The zero-order valence-electron chi connectivity index (χ0n) is 12.2. The molecule has 2 rings (SSSR count). The predicted molar refractivity (Wildman–Crippen MR) is 87.5 cm³/mol. The summed E-state index contributed by atoms with van der Waals surface area (Å²) in [4.78, 5) is 14.3. The topological polar surface area (TPSA) is 55.6 Å². The molecule has 114 valence electrons. The lowest BCUT2D eigenvalue weighted by atomic mass is 10.1. The number of carbonyl (C=O) groups excluding carboxylic acids is 1. The van der Waals surface area contributed by atoms with Gasteiger partial charge in [0.2, 0.25) is 5.91 Å². The molecule has 1 heterocycles. The first-order chi connectivity index (χ1) is 10.1. The number of nitrogens with two attached hydrogens (primary N) is 1. The summed E-state index contributed by atoms with van der Waals surface area (Å²) in [6.45, 7) is 2.04. The van der Waals surface area contributed by atoms with Crippen molar-refractivity contribution in [1.29, 1.82) is 0 Å². The monoisotopic (exact) mass is 306 g/mol. The van der Waals surface area contributed by atoms with Crippen LogP contribution < -0.4 is 10.5 Å². The smallest absolute Gasteiger partial charge is 0.222 e. The lowest BCUT2D eigenvalue weighted by Crippen LogP contribution is -2.34. The zero-order valence-corrected chi connectivity index (χ0v) is 13.0. The van der Waals surface area contributed by atoms with Crippen molar-refractivity contribution in [2.75, 3.05) is 19.7 Å². The minimum Gasteiger partial charge on any atom is -0.492 e. The molecule has 0 aliphatic carbocycles. The van der Waals surface area contributed by atoms with Crippen LogP contribution in [0.4, 0.5) is 0 Å². The summed E-state index contributed by atoms with van der Waals surface area (Å²) < 4.78 is 5.70. The number of benzene rings is 1. The number of hydrogen-bond donors (Lipinski definition) is 1. The van der Waals surface area contributed by atoms with E-state index in [1.807, 2.05) is 29.2 Å². The van der Waals surface area contributed by atoms with E-state index in [-0.39, 0.29) is 5.91 Å². The highest BCUT2D eigenvalue weighted by Crippen LogP contribution is 2.14. The molecule has 1 aromatic rings. The van der Waals surface area contributed by atoms with Crippen LogP contribution in [0.2, 0.25) is 0 Å². The summed E-state index contributed by atoms with van der Waals surface area (Å²) in [7, 11) is 0. The Labute approximate surface area is 131 Å². The first-order valence-corrected chi connectivity index (χ1v) is 7.84. The summed E-state index contributed by atoms with van der Waals surface area (Å²) in [5.74, 6) is 1.06. The van der Waals surface area contributed by atoms with Gasteiger partial charge in [-0.1, -0.05) is 30.8 Å². The number of hydrogen-bond acceptors (Lipinski definition) is 3. The number of amides is 1. The van der Waals surface area contributed by atoms with Crippen LogP contribution in [-0.4, -0.2) is 35.5 Å². The van der Waals surface area contributed by atoms with Gasteiger partial charge in [0.1, 0.15) is 12.4 Å². The van der Waals surface area contributed by atoms with Gasteiger partial charge in [0.15, 0.2) is 0 Å². The van der Waals surface area contributed by atoms with Crippen LogP contribution in [0.15, 0.2) is 24.3 Å². The van der Waals surface area contributed by atoms with E-state index in [2.05, 4.69) is 0 Å². The summed E-state index contributed by atoms with van der Waals surface area (Å²) in [5, 5.41) is 0. The van der Waals surface area contributed by atoms with Crippen molar-refractivity contribution < 1.29 is 9.53 Å². The average Bonchev–Trinajstić information content (AvgIpc) is 2.65. The molecule has 0 saturated carbocycles. The predicted octanol–water partition coefficient (Wildman–Crippen LogP) is 2.30. The van der Waals surface area contributed by atoms with Gasteiger partial charge in [0.05, 0.1) is 11.5 Å². The molecule has 0 unspecified atom stereocenters. The third kappa shape index (κ3) is 5.34. The maximum Gasteiger partial charge on any atom is 0.222 e. The summed E-state index contributed by atoms with van der Waals surface area (Å²) >= 11 is 4.88. The highest BCUT2D eigenvalue weighted by molar-refractivity contribution is 7.80. The Kier molecular flexibility index (Phi) is 5.99. The van der Waals surface area contributed by atoms with Gasteiger partial charge in [0, 0.05) is 19.4 Å². The SMILES string of the molecule is NC(=S)Cc1ccc(OCCN2CCCCCC2=O)cc1. The van der Waals surface area contributed by atoms with Crippen molar-refractivity contribution in [3.05, 3.63) is 29.8 Å². The second-order valence-corrected chi connectivity index (χ2v) is 5.85. The van der Waals surface area contributed by atoms with Gasteiger partial charge in [-0.2, -0.15) is 0 Å². The molecule has 1 saturated heterocycles. The molecular weight excluding hydrogens is 284 g/mol. The Morgan fingerprint density at radius 3 is 2.71 bits per heavy atom. The Morgan fingerprint density at radius 2 is 2.00 bits per heavy atom. The van der Waals surface area contributed by atoms with Crippen LogP contribution in [0.25, 0.3) is 0 Å². The van der Waals surface area contributed by atoms with Gasteiger partial charge in [-0.25, -0.2) is 0 Å². The molecule has 1 aliphatic rings. The molecule has 1 fully saturated rings. The fraction of sp³-hybridized carbons (Fsp3) is 0.500. The summed E-state index contributed by atoms with van der Waals surface area (Å²) in [6, 6.07) is 7.76. The van der Waals surface area contributed by atoms with Crippen LogP contribution in [-0.2, 0) is 11.2 Å².